The Bertz CT molecular complexity index is 194. The standard InChI is InChI=1S/C11H28O6Si2.CH4O/c1-12-18(13-2)10-6-8-17-9-7-11-19(14-3,15-4)16-5;1-2/h18H,6-11H2,1-5H3;2H,1H3. The molecule has 0 bridgehead atoms. The fraction of sp³-hybridized carbons (Fsp3) is 1.00. The number of hydrogen-bond donors (Lipinski definition) is 1. The molecule has 0 aromatic carbocycles. The highest BCUT2D eigenvalue weighted by Crippen LogP contribution is 2.14. The minimum atomic E-state index is -2.43. The lowest BCUT2D eigenvalue weighted by Gasteiger charge is -2.24. The van der Waals surface area contributed by atoms with Crippen LogP contribution in [0.25, 0.3) is 0 Å². The van der Waals surface area contributed by atoms with Gasteiger partial charge in [0.25, 0.3) is 0 Å². The zero-order chi connectivity index (χ0) is 16.6. The number of hydrogen-bond acceptors (Lipinski definition) is 7. The smallest absolute Gasteiger partial charge is 0.400 e. The van der Waals surface area contributed by atoms with Crippen molar-refractivity contribution in [1.82, 2.24) is 0 Å². The van der Waals surface area contributed by atoms with Crippen molar-refractivity contribution in [2.24, 2.45) is 0 Å². The van der Waals surface area contributed by atoms with Crippen molar-refractivity contribution in [3.8, 4) is 0 Å². The van der Waals surface area contributed by atoms with Crippen molar-refractivity contribution < 1.29 is 32.0 Å². The van der Waals surface area contributed by atoms with Crippen LogP contribution in [-0.4, -0.2) is 79.1 Å². The van der Waals surface area contributed by atoms with Gasteiger partial charge in [-0.25, -0.2) is 0 Å². The molecule has 7 nitrogen and oxygen atoms in total. The molecule has 0 heterocycles. The molecule has 0 spiro atoms. The quantitative estimate of drug-likeness (QED) is 0.391. The van der Waals surface area contributed by atoms with Crippen LogP contribution in [0.2, 0.25) is 12.1 Å². The highest BCUT2D eigenvalue weighted by Gasteiger charge is 2.36. The van der Waals surface area contributed by atoms with Crippen molar-refractivity contribution in [3.05, 3.63) is 0 Å². The average Bonchev–Trinajstić information content (AvgIpc) is 2.56. The fourth-order valence-electron chi connectivity index (χ4n) is 1.73. The van der Waals surface area contributed by atoms with Gasteiger partial charge in [-0.1, -0.05) is 0 Å². The number of rotatable bonds is 13. The Balaban J connectivity index is 0. The van der Waals surface area contributed by atoms with Crippen LogP contribution in [0, 0.1) is 0 Å². The van der Waals surface area contributed by atoms with E-state index in [1.807, 2.05) is 0 Å². The van der Waals surface area contributed by atoms with Gasteiger partial charge in [0.2, 0.25) is 0 Å². The number of ether oxygens (including phenoxy) is 1. The first-order valence-corrected chi connectivity index (χ1v) is 10.6. The van der Waals surface area contributed by atoms with Gasteiger partial charge >= 0.3 is 18.1 Å². The maximum absolute atomic E-state index is 7.00. The second-order valence-corrected chi connectivity index (χ2v) is 9.52. The molecule has 0 fully saturated rings. The zero-order valence-corrected chi connectivity index (χ0v) is 16.4. The monoisotopic (exact) mass is 344 g/mol. The lowest BCUT2D eigenvalue weighted by molar-refractivity contribution is 0.107. The summed E-state index contributed by atoms with van der Waals surface area (Å²) >= 11 is 0. The molecule has 0 amide bonds. The molecule has 0 aliphatic heterocycles. The summed E-state index contributed by atoms with van der Waals surface area (Å²) in [4.78, 5) is 0. The van der Waals surface area contributed by atoms with E-state index >= 15 is 0 Å². The molecule has 130 valence electrons. The minimum absolute atomic E-state index is 0.691. The van der Waals surface area contributed by atoms with Gasteiger partial charge in [-0.05, 0) is 18.9 Å². The van der Waals surface area contributed by atoms with Crippen LogP contribution in [0.4, 0.5) is 0 Å². The SMILES string of the molecule is CO.CO[SiH](CCCOCCC[Si](OC)(OC)OC)OC. The van der Waals surface area contributed by atoms with E-state index in [1.54, 1.807) is 35.5 Å². The molecule has 9 heteroatoms. The van der Waals surface area contributed by atoms with E-state index in [2.05, 4.69) is 0 Å². The third-order valence-corrected chi connectivity index (χ3v) is 7.72. The highest BCUT2D eigenvalue weighted by molar-refractivity contribution is 6.60. The van der Waals surface area contributed by atoms with E-state index in [0.717, 1.165) is 38.6 Å². The summed E-state index contributed by atoms with van der Waals surface area (Å²) in [6, 6.07) is 1.74. The molecule has 0 aromatic heterocycles. The van der Waals surface area contributed by atoms with Crippen LogP contribution in [0.1, 0.15) is 12.8 Å². The summed E-state index contributed by atoms with van der Waals surface area (Å²) in [5.41, 5.74) is 0. The predicted octanol–water partition coefficient (Wildman–Crippen LogP) is 0.783. The molecule has 0 saturated carbocycles. The van der Waals surface area contributed by atoms with Crippen LogP contribution in [0.5, 0.6) is 0 Å². The van der Waals surface area contributed by atoms with Gasteiger partial charge in [0.05, 0.1) is 0 Å². The molecular weight excluding hydrogens is 312 g/mol. The largest absolute Gasteiger partial charge is 0.500 e. The van der Waals surface area contributed by atoms with Crippen LogP contribution < -0.4 is 0 Å². The Morgan fingerprint density at radius 2 is 1.29 bits per heavy atom. The molecule has 0 saturated heterocycles. The molecule has 0 unspecified atom stereocenters. The van der Waals surface area contributed by atoms with Crippen molar-refractivity contribution in [1.29, 1.82) is 0 Å². The van der Waals surface area contributed by atoms with Crippen LogP contribution >= 0.6 is 0 Å². The Labute approximate surface area is 131 Å². The topological polar surface area (TPSA) is 75.6 Å². The first-order chi connectivity index (χ1) is 10.2. The average molecular weight is 345 g/mol. The van der Waals surface area contributed by atoms with Gasteiger partial charge < -0.3 is 32.0 Å². The highest BCUT2D eigenvalue weighted by atomic mass is 28.4. The van der Waals surface area contributed by atoms with E-state index in [4.69, 9.17) is 32.0 Å². The van der Waals surface area contributed by atoms with Gasteiger partial charge in [0.1, 0.15) is 0 Å². The number of aliphatic hydroxyl groups is 1. The lowest BCUT2D eigenvalue weighted by Crippen LogP contribution is -2.42. The minimum Gasteiger partial charge on any atom is -0.400 e. The Kier molecular flexibility index (Phi) is 18.4. The Morgan fingerprint density at radius 1 is 0.810 bits per heavy atom. The summed E-state index contributed by atoms with van der Waals surface area (Å²) in [6.45, 7) is 1.43. The van der Waals surface area contributed by atoms with Crippen molar-refractivity contribution >= 4 is 18.1 Å². The van der Waals surface area contributed by atoms with Crippen molar-refractivity contribution in [2.45, 2.75) is 24.9 Å². The summed E-state index contributed by atoms with van der Waals surface area (Å²) in [7, 11) is 5.42. The van der Waals surface area contributed by atoms with Crippen molar-refractivity contribution in [3.63, 3.8) is 0 Å². The van der Waals surface area contributed by atoms with Gasteiger partial charge in [-0.3, -0.25) is 0 Å². The summed E-state index contributed by atoms with van der Waals surface area (Å²) in [6.07, 6.45) is 1.84. The van der Waals surface area contributed by atoms with Gasteiger partial charge in [-0.15, -0.1) is 0 Å². The normalized spacial score (nSPS) is 11.4. The van der Waals surface area contributed by atoms with E-state index in [0.29, 0.717) is 6.61 Å². The second-order valence-electron chi connectivity index (χ2n) is 4.05. The maximum Gasteiger partial charge on any atom is 0.500 e. The van der Waals surface area contributed by atoms with Gasteiger partial charge in [-0.2, -0.15) is 0 Å². The van der Waals surface area contributed by atoms with Crippen molar-refractivity contribution in [2.75, 3.05) is 55.9 Å². The predicted molar refractivity (Wildman–Crippen MR) is 85.8 cm³/mol. The zero-order valence-electron chi connectivity index (χ0n) is 14.2. The first-order valence-electron chi connectivity index (χ1n) is 6.91. The molecule has 0 aliphatic carbocycles. The first kappa shape index (κ1) is 23.4. The third-order valence-electron chi connectivity index (χ3n) is 2.96. The number of aliphatic hydroxyl groups excluding tert-OH is 1. The molecule has 0 rings (SSSR count). The molecule has 21 heavy (non-hydrogen) atoms. The van der Waals surface area contributed by atoms with E-state index < -0.39 is 18.1 Å². The third kappa shape index (κ3) is 11.4. The summed E-state index contributed by atoms with van der Waals surface area (Å²) < 4.78 is 32.0. The van der Waals surface area contributed by atoms with E-state index in [9.17, 15) is 0 Å². The maximum atomic E-state index is 7.00. The van der Waals surface area contributed by atoms with Crippen LogP contribution in [0.3, 0.4) is 0 Å². The van der Waals surface area contributed by atoms with E-state index in [1.165, 1.54) is 0 Å². The Morgan fingerprint density at radius 3 is 1.71 bits per heavy atom. The molecule has 0 aliphatic rings. The van der Waals surface area contributed by atoms with Gasteiger partial charge in [0, 0.05) is 61.9 Å². The van der Waals surface area contributed by atoms with Gasteiger partial charge in [0.15, 0.2) is 0 Å². The lowest BCUT2D eigenvalue weighted by atomic mass is 10.5. The summed E-state index contributed by atoms with van der Waals surface area (Å²) in [5.74, 6) is 0. The molecule has 0 radical (unpaired) electrons. The van der Waals surface area contributed by atoms with Crippen LogP contribution in [0.15, 0.2) is 0 Å². The van der Waals surface area contributed by atoms with E-state index in [-0.39, 0.29) is 0 Å². The summed E-state index contributed by atoms with van der Waals surface area (Å²) in [5, 5.41) is 7.00. The fourth-order valence-corrected chi connectivity index (χ4v) is 4.59. The molecular formula is C12H32O7Si2. The molecule has 0 aromatic rings. The van der Waals surface area contributed by atoms with Crippen LogP contribution in [-0.2, 0) is 26.9 Å². The second kappa shape index (κ2) is 16.5. The Hall–Kier alpha value is 0.154. The molecule has 1 N–H and O–H groups in total. The molecule has 0 atom stereocenters.